The third kappa shape index (κ3) is 4.83. The van der Waals surface area contributed by atoms with Crippen molar-refractivity contribution in [3.63, 3.8) is 0 Å². The Bertz CT molecular complexity index is 684. The molecular formula is C21H27N3O. The van der Waals surface area contributed by atoms with Crippen molar-refractivity contribution in [2.45, 2.75) is 32.4 Å². The van der Waals surface area contributed by atoms with Gasteiger partial charge in [0, 0.05) is 37.9 Å². The predicted octanol–water partition coefficient (Wildman–Crippen LogP) is 2.93. The van der Waals surface area contributed by atoms with E-state index in [2.05, 4.69) is 36.1 Å². The largest absolute Gasteiger partial charge is 0.399 e. The van der Waals surface area contributed by atoms with Crippen LogP contribution < -0.4 is 5.73 Å². The Morgan fingerprint density at radius 2 is 1.72 bits per heavy atom. The van der Waals surface area contributed by atoms with E-state index in [4.69, 9.17) is 5.73 Å². The maximum absolute atomic E-state index is 12.7. The van der Waals surface area contributed by atoms with Crippen molar-refractivity contribution in [2.75, 3.05) is 25.4 Å². The first-order valence-corrected chi connectivity index (χ1v) is 9.02. The third-order valence-corrected chi connectivity index (χ3v) is 5.01. The van der Waals surface area contributed by atoms with Crippen LogP contribution in [-0.2, 0) is 17.8 Å². The number of hydrogen-bond acceptors (Lipinski definition) is 3. The lowest BCUT2D eigenvalue weighted by Crippen LogP contribution is -2.36. The molecule has 0 saturated carbocycles. The van der Waals surface area contributed by atoms with Crippen LogP contribution in [0.25, 0.3) is 0 Å². The molecule has 3 rings (SSSR count). The molecular weight excluding hydrogens is 310 g/mol. The van der Waals surface area contributed by atoms with E-state index in [0.717, 1.165) is 43.9 Å². The second-order valence-corrected chi connectivity index (χ2v) is 6.89. The van der Waals surface area contributed by atoms with E-state index in [0.29, 0.717) is 12.5 Å². The van der Waals surface area contributed by atoms with Crippen LogP contribution in [0.15, 0.2) is 54.6 Å². The number of amides is 1. The van der Waals surface area contributed by atoms with Gasteiger partial charge in [-0.15, -0.1) is 0 Å². The second-order valence-electron chi connectivity index (χ2n) is 6.89. The molecule has 1 heterocycles. The van der Waals surface area contributed by atoms with Crippen molar-refractivity contribution in [3.8, 4) is 0 Å². The second kappa shape index (κ2) is 8.17. The van der Waals surface area contributed by atoms with Crippen LogP contribution in [0.2, 0.25) is 0 Å². The standard InChI is InChI=1S/C21H27N3O/c1-17-11-12-23(21(25)15-18-7-9-20(22)10-8-18)13-14-24(17)16-19-5-3-2-4-6-19/h2-10,17H,11-16,22H2,1H3/t17-/m0/s1. The molecule has 0 bridgehead atoms. The Hall–Kier alpha value is -2.33. The first-order valence-electron chi connectivity index (χ1n) is 9.02. The Morgan fingerprint density at radius 3 is 2.44 bits per heavy atom. The van der Waals surface area contributed by atoms with Crippen molar-refractivity contribution in [1.29, 1.82) is 0 Å². The zero-order valence-electron chi connectivity index (χ0n) is 14.9. The van der Waals surface area contributed by atoms with Gasteiger partial charge in [0.2, 0.25) is 5.91 Å². The minimum atomic E-state index is 0.207. The predicted molar refractivity (Wildman–Crippen MR) is 102 cm³/mol. The quantitative estimate of drug-likeness (QED) is 0.873. The molecule has 1 atom stereocenters. The molecule has 2 aromatic rings. The Labute approximate surface area is 150 Å². The average molecular weight is 337 g/mol. The molecule has 132 valence electrons. The van der Waals surface area contributed by atoms with Gasteiger partial charge in [-0.3, -0.25) is 9.69 Å². The van der Waals surface area contributed by atoms with E-state index in [1.54, 1.807) is 0 Å². The molecule has 0 spiro atoms. The van der Waals surface area contributed by atoms with E-state index >= 15 is 0 Å². The van der Waals surface area contributed by atoms with Crippen LogP contribution in [0.3, 0.4) is 0 Å². The van der Waals surface area contributed by atoms with Gasteiger partial charge in [0.25, 0.3) is 0 Å². The molecule has 1 saturated heterocycles. The summed E-state index contributed by atoms with van der Waals surface area (Å²) in [5.74, 6) is 0.207. The van der Waals surface area contributed by atoms with Crippen molar-refractivity contribution >= 4 is 11.6 Å². The van der Waals surface area contributed by atoms with Crippen LogP contribution in [0, 0.1) is 0 Å². The van der Waals surface area contributed by atoms with E-state index in [9.17, 15) is 4.79 Å². The van der Waals surface area contributed by atoms with Gasteiger partial charge in [-0.2, -0.15) is 0 Å². The zero-order chi connectivity index (χ0) is 17.6. The van der Waals surface area contributed by atoms with Crippen LogP contribution in [0.1, 0.15) is 24.5 Å². The third-order valence-electron chi connectivity index (χ3n) is 5.01. The number of anilines is 1. The summed E-state index contributed by atoms with van der Waals surface area (Å²) in [4.78, 5) is 17.1. The lowest BCUT2D eigenvalue weighted by molar-refractivity contribution is -0.130. The summed E-state index contributed by atoms with van der Waals surface area (Å²) >= 11 is 0. The molecule has 25 heavy (non-hydrogen) atoms. The number of nitrogens with zero attached hydrogens (tertiary/aromatic N) is 2. The minimum Gasteiger partial charge on any atom is -0.399 e. The maximum Gasteiger partial charge on any atom is 0.227 e. The summed E-state index contributed by atoms with van der Waals surface area (Å²) in [5, 5.41) is 0. The molecule has 4 nitrogen and oxygen atoms in total. The fourth-order valence-electron chi connectivity index (χ4n) is 3.33. The Kier molecular flexibility index (Phi) is 5.71. The lowest BCUT2D eigenvalue weighted by Gasteiger charge is -2.26. The number of benzene rings is 2. The highest BCUT2D eigenvalue weighted by atomic mass is 16.2. The van der Waals surface area contributed by atoms with Crippen molar-refractivity contribution in [2.24, 2.45) is 0 Å². The summed E-state index contributed by atoms with van der Waals surface area (Å²) in [6.07, 6.45) is 1.47. The summed E-state index contributed by atoms with van der Waals surface area (Å²) in [7, 11) is 0. The molecule has 0 aliphatic carbocycles. The van der Waals surface area contributed by atoms with Crippen molar-refractivity contribution in [1.82, 2.24) is 9.80 Å². The van der Waals surface area contributed by atoms with E-state index < -0.39 is 0 Å². The summed E-state index contributed by atoms with van der Waals surface area (Å²) in [5.41, 5.74) is 8.80. The van der Waals surface area contributed by atoms with Crippen molar-refractivity contribution in [3.05, 3.63) is 65.7 Å². The molecule has 2 aromatic carbocycles. The topological polar surface area (TPSA) is 49.6 Å². The number of nitrogen functional groups attached to an aromatic ring is 1. The smallest absolute Gasteiger partial charge is 0.227 e. The van der Waals surface area contributed by atoms with E-state index in [-0.39, 0.29) is 5.91 Å². The zero-order valence-corrected chi connectivity index (χ0v) is 14.9. The number of rotatable bonds is 4. The monoisotopic (exact) mass is 337 g/mol. The Morgan fingerprint density at radius 1 is 1.00 bits per heavy atom. The molecule has 1 amide bonds. The first kappa shape index (κ1) is 17.5. The first-order chi connectivity index (χ1) is 12.1. The number of carbonyl (C=O) groups is 1. The molecule has 2 N–H and O–H groups in total. The summed E-state index contributed by atoms with van der Waals surface area (Å²) in [6, 6.07) is 18.6. The van der Waals surface area contributed by atoms with E-state index in [1.807, 2.05) is 35.2 Å². The van der Waals surface area contributed by atoms with Gasteiger partial charge in [-0.05, 0) is 36.6 Å². The molecule has 0 radical (unpaired) electrons. The molecule has 1 fully saturated rings. The normalized spacial score (nSPS) is 18.8. The molecule has 1 aliphatic heterocycles. The van der Waals surface area contributed by atoms with Gasteiger partial charge in [0.1, 0.15) is 0 Å². The summed E-state index contributed by atoms with van der Waals surface area (Å²) < 4.78 is 0. The fourth-order valence-corrected chi connectivity index (χ4v) is 3.33. The Balaban J connectivity index is 1.58. The molecule has 0 unspecified atom stereocenters. The number of hydrogen-bond donors (Lipinski definition) is 1. The number of carbonyl (C=O) groups excluding carboxylic acids is 1. The summed E-state index contributed by atoms with van der Waals surface area (Å²) in [6.45, 7) is 5.76. The van der Waals surface area contributed by atoms with Gasteiger partial charge in [0.05, 0.1) is 6.42 Å². The van der Waals surface area contributed by atoms with Crippen LogP contribution in [0.4, 0.5) is 5.69 Å². The number of nitrogens with two attached hydrogens (primary N) is 1. The highest BCUT2D eigenvalue weighted by molar-refractivity contribution is 5.79. The van der Waals surface area contributed by atoms with Crippen LogP contribution >= 0.6 is 0 Å². The van der Waals surface area contributed by atoms with Crippen LogP contribution in [0.5, 0.6) is 0 Å². The minimum absolute atomic E-state index is 0.207. The van der Waals surface area contributed by atoms with Crippen LogP contribution in [-0.4, -0.2) is 41.4 Å². The molecule has 0 aromatic heterocycles. The highest BCUT2D eigenvalue weighted by Crippen LogP contribution is 2.16. The fraction of sp³-hybridized carbons (Fsp3) is 0.381. The van der Waals surface area contributed by atoms with Gasteiger partial charge in [0.15, 0.2) is 0 Å². The highest BCUT2D eigenvalue weighted by Gasteiger charge is 2.23. The average Bonchev–Trinajstić information content (AvgIpc) is 2.80. The van der Waals surface area contributed by atoms with Gasteiger partial charge in [-0.25, -0.2) is 0 Å². The SMILES string of the molecule is C[C@H]1CCN(C(=O)Cc2ccc(N)cc2)CCN1Cc1ccccc1. The van der Waals surface area contributed by atoms with Gasteiger partial charge < -0.3 is 10.6 Å². The maximum atomic E-state index is 12.7. The molecule has 1 aliphatic rings. The van der Waals surface area contributed by atoms with Gasteiger partial charge in [-0.1, -0.05) is 42.5 Å². The lowest BCUT2D eigenvalue weighted by atomic mass is 10.1. The molecule has 4 heteroatoms. The van der Waals surface area contributed by atoms with E-state index in [1.165, 1.54) is 5.56 Å². The van der Waals surface area contributed by atoms with Crippen molar-refractivity contribution < 1.29 is 4.79 Å². The van der Waals surface area contributed by atoms with Gasteiger partial charge >= 0.3 is 0 Å².